The number of carbonyl (C=O) groups is 1. The van der Waals surface area contributed by atoms with Crippen molar-refractivity contribution >= 4 is 46.6 Å². The summed E-state index contributed by atoms with van der Waals surface area (Å²) >= 11 is 13.4. The predicted octanol–water partition coefficient (Wildman–Crippen LogP) is 4.78. The zero-order chi connectivity index (χ0) is 15.4. The summed E-state index contributed by atoms with van der Waals surface area (Å²) in [5.41, 5.74) is 7.70. The van der Waals surface area contributed by atoms with Gasteiger partial charge < -0.3 is 0 Å². The Balaban J connectivity index is 2.09. The summed E-state index contributed by atoms with van der Waals surface area (Å²) in [6.07, 6.45) is 1.97. The minimum Gasteiger partial charge on any atom is -0.298 e. The smallest absolute Gasteiger partial charge is 0.269 e. The maximum Gasteiger partial charge on any atom is 0.269 e. The zero-order valence-corrected chi connectivity index (χ0v) is 13.9. The average molecular weight is 341 g/mol. The lowest BCUT2D eigenvalue weighted by molar-refractivity contribution is 0.0962. The highest BCUT2D eigenvalue weighted by Crippen LogP contribution is 2.24. The first-order valence-corrected chi connectivity index (χ1v) is 8.15. The second-order valence-corrected chi connectivity index (χ2v) is 6.08. The lowest BCUT2D eigenvalue weighted by Gasteiger charge is -2.11. The topological polar surface area (TPSA) is 41.1 Å². The number of hydrazine groups is 1. The van der Waals surface area contributed by atoms with E-state index in [2.05, 4.69) is 10.9 Å². The maximum absolute atomic E-state index is 12.2. The zero-order valence-electron chi connectivity index (χ0n) is 11.5. The van der Waals surface area contributed by atoms with Crippen molar-refractivity contribution in [2.75, 3.05) is 11.7 Å². The molecule has 0 saturated carbocycles. The lowest BCUT2D eigenvalue weighted by atomic mass is 10.1. The molecule has 0 aromatic heterocycles. The fraction of sp³-hybridized carbons (Fsp3) is 0.133. The van der Waals surface area contributed by atoms with E-state index in [1.807, 2.05) is 31.4 Å². The van der Waals surface area contributed by atoms with Crippen LogP contribution in [0.25, 0.3) is 0 Å². The van der Waals surface area contributed by atoms with Crippen LogP contribution in [0.15, 0.2) is 41.3 Å². The van der Waals surface area contributed by atoms with Crippen LogP contribution in [0, 0.1) is 6.92 Å². The van der Waals surface area contributed by atoms with Gasteiger partial charge in [0, 0.05) is 10.5 Å². The Morgan fingerprint density at radius 3 is 2.52 bits per heavy atom. The summed E-state index contributed by atoms with van der Waals surface area (Å²) in [6, 6.07) is 10.8. The van der Waals surface area contributed by atoms with Crippen LogP contribution in [-0.2, 0) is 0 Å². The molecule has 0 aliphatic rings. The number of nitrogens with one attached hydrogen (secondary N) is 2. The minimum atomic E-state index is -0.200. The predicted molar refractivity (Wildman–Crippen MR) is 90.5 cm³/mol. The van der Waals surface area contributed by atoms with Crippen LogP contribution in [0.1, 0.15) is 15.9 Å². The Kier molecular flexibility index (Phi) is 5.39. The Morgan fingerprint density at radius 1 is 1.10 bits per heavy atom. The largest absolute Gasteiger partial charge is 0.298 e. The molecule has 0 fully saturated rings. The van der Waals surface area contributed by atoms with Crippen molar-refractivity contribution in [3.8, 4) is 0 Å². The van der Waals surface area contributed by atoms with Gasteiger partial charge in [-0.1, -0.05) is 29.3 Å². The minimum absolute atomic E-state index is 0.200. The van der Waals surface area contributed by atoms with E-state index >= 15 is 0 Å². The molecule has 0 unspecified atom stereocenters. The van der Waals surface area contributed by atoms with Crippen LogP contribution in [0.5, 0.6) is 0 Å². The Labute approximate surface area is 138 Å². The molecular formula is C15H14Cl2N2OS. The first-order valence-electron chi connectivity index (χ1n) is 6.17. The fourth-order valence-electron chi connectivity index (χ4n) is 1.74. The molecule has 0 saturated heterocycles. The molecule has 0 aliphatic heterocycles. The number of rotatable bonds is 4. The number of aryl methyl sites for hydroxylation is 1. The number of hydrogen-bond acceptors (Lipinski definition) is 3. The van der Waals surface area contributed by atoms with Crippen molar-refractivity contribution in [2.24, 2.45) is 0 Å². The maximum atomic E-state index is 12.2. The monoisotopic (exact) mass is 340 g/mol. The van der Waals surface area contributed by atoms with Gasteiger partial charge in [-0.15, -0.1) is 11.8 Å². The first kappa shape index (κ1) is 16.0. The quantitative estimate of drug-likeness (QED) is 0.621. The summed E-state index contributed by atoms with van der Waals surface area (Å²) in [7, 11) is 0. The highest BCUT2D eigenvalue weighted by atomic mass is 35.5. The van der Waals surface area contributed by atoms with Crippen LogP contribution in [0.3, 0.4) is 0 Å². The third-order valence-corrected chi connectivity index (χ3v) is 4.39. The lowest BCUT2D eigenvalue weighted by Crippen LogP contribution is -2.29. The SMILES string of the molecule is CSc1ccc(C)c(C(=O)NNc2ccc(Cl)c(Cl)c2)c1. The number of thioether (sulfide) groups is 1. The summed E-state index contributed by atoms with van der Waals surface area (Å²) in [4.78, 5) is 13.3. The molecule has 21 heavy (non-hydrogen) atoms. The third-order valence-electron chi connectivity index (χ3n) is 2.93. The summed E-state index contributed by atoms with van der Waals surface area (Å²) in [5.74, 6) is -0.200. The highest BCUT2D eigenvalue weighted by molar-refractivity contribution is 7.98. The molecule has 0 bridgehead atoms. The number of carbonyl (C=O) groups excluding carboxylic acids is 1. The standard InChI is InChI=1S/C15H14Cl2N2OS/c1-9-3-5-11(21-2)8-12(9)15(20)19-18-10-4-6-13(16)14(17)7-10/h3-8,18H,1-2H3,(H,19,20). The summed E-state index contributed by atoms with van der Waals surface area (Å²) < 4.78 is 0. The Hall–Kier alpha value is -1.36. The van der Waals surface area contributed by atoms with Gasteiger partial charge in [-0.05, 0) is 49.1 Å². The fourth-order valence-corrected chi connectivity index (χ4v) is 2.48. The molecule has 0 atom stereocenters. The van der Waals surface area contributed by atoms with Crippen molar-refractivity contribution in [3.63, 3.8) is 0 Å². The van der Waals surface area contributed by atoms with E-state index in [4.69, 9.17) is 23.2 Å². The van der Waals surface area contributed by atoms with Gasteiger partial charge in [-0.25, -0.2) is 0 Å². The van der Waals surface area contributed by atoms with Gasteiger partial charge in [0.1, 0.15) is 0 Å². The number of halogens is 2. The number of benzene rings is 2. The second kappa shape index (κ2) is 7.07. The van der Waals surface area contributed by atoms with Crippen LogP contribution in [0.4, 0.5) is 5.69 Å². The Bertz CT molecular complexity index is 677. The van der Waals surface area contributed by atoms with E-state index in [-0.39, 0.29) is 5.91 Å². The van der Waals surface area contributed by atoms with Gasteiger partial charge in [0.05, 0.1) is 15.7 Å². The molecule has 0 radical (unpaired) electrons. The van der Waals surface area contributed by atoms with E-state index in [1.165, 1.54) is 0 Å². The number of hydrogen-bond donors (Lipinski definition) is 2. The van der Waals surface area contributed by atoms with Gasteiger partial charge in [-0.2, -0.15) is 0 Å². The highest BCUT2D eigenvalue weighted by Gasteiger charge is 2.09. The van der Waals surface area contributed by atoms with Gasteiger partial charge in [0.15, 0.2) is 0 Å². The molecule has 2 aromatic carbocycles. The van der Waals surface area contributed by atoms with Crippen molar-refractivity contribution in [1.29, 1.82) is 0 Å². The van der Waals surface area contributed by atoms with Gasteiger partial charge in [0.2, 0.25) is 0 Å². The van der Waals surface area contributed by atoms with E-state index in [1.54, 1.807) is 30.0 Å². The molecule has 6 heteroatoms. The van der Waals surface area contributed by atoms with Crippen LogP contribution >= 0.6 is 35.0 Å². The second-order valence-electron chi connectivity index (χ2n) is 4.39. The molecular weight excluding hydrogens is 327 g/mol. The molecule has 0 spiro atoms. The van der Waals surface area contributed by atoms with Crippen LogP contribution < -0.4 is 10.9 Å². The van der Waals surface area contributed by atoms with Crippen LogP contribution in [0.2, 0.25) is 10.0 Å². The first-order chi connectivity index (χ1) is 10.0. The Morgan fingerprint density at radius 2 is 1.86 bits per heavy atom. The normalized spacial score (nSPS) is 10.3. The van der Waals surface area contributed by atoms with Gasteiger partial charge >= 0.3 is 0 Å². The third kappa shape index (κ3) is 4.06. The number of amides is 1. The molecule has 3 nitrogen and oxygen atoms in total. The molecule has 0 aliphatic carbocycles. The van der Waals surface area contributed by atoms with E-state index in [0.717, 1.165) is 10.5 Å². The van der Waals surface area contributed by atoms with Gasteiger partial charge in [0.25, 0.3) is 5.91 Å². The average Bonchev–Trinajstić information content (AvgIpc) is 2.48. The summed E-state index contributed by atoms with van der Waals surface area (Å²) in [6.45, 7) is 1.90. The summed E-state index contributed by atoms with van der Waals surface area (Å²) in [5, 5.41) is 0.897. The molecule has 2 N–H and O–H groups in total. The molecule has 2 rings (SSSR count). The van der Waals surface area contributed by atoms with Crippen molar-refractivity contribution in [1.82, 2.24) is 5.43 Å². The molecule has 0 heterocycles. The molecule has 110 valence electrons. The van der Waals surface area contributed by atoms with Crippen molar-refractivity contribution < 1.29 is 4.79 Å². The number of anilines is 1. The van der Waals surface area contributed by atoms with E-state index < -0.39 is 0 Å². The van der Waals surface area contributed by atoms with Crippen molar-refractivity contribution in [2.45, 2.75) is 11.8 Å². The van der Waals surface area contributed by atoms with Crippen LogP contribution in [-0.4, -0.2) is 12.2 Å². The van der Waals surface area contributed by atoms with E-state index in [0.29, 0.717) is 21.3 Å². The van der Waals surface area contributed by atoms with E-state index in [9.17, 15) is 4.79 Å². The van der Waals surface area contributed by atoms with Crippen molar-refractivity contribution in [3.05, 3.63) is 57.6 Å². The van der Waals surface area contributed by atoms with Gasteiger partial charge in [-0.3, -0.25) is 15.6 Å². The molecule has 2 aromatic rings. The molecule has 1 amide bonds.